The molecule has 0 bridgehead atoms. The van der Waals surface area contributed by atoms with Crippen LogP contribution in [0.15, 0.2) is 16.9 Å². The first-order valence-electron chi connectivity index (χ1n) is 5.10. The molecule has 92 valence electrons. The van der Waals surface area contributed by atoms with Gasteiger partial charge in [-0.05, 0) is 35.8 Å². The molecule has 0 atom stereocenters. The maximum Gasteiger partial charge on any atom is 0.341 e. The van der Waals surface area contributed by atoms with Crippen LogP contribution in [0.1, 0.15) is 34.6 Å². The van der Waals surface area contributed by atoms with Gasteiger partial charge in [-0.2, -0.15) is 0 Å². The number of aromatic nitrogens is 1. The number of pyridine rings is 1. The number of esters is 2. The quantitative estimate of drug-likeness (QED) is 0.630. The van der Waals surface area contributed by atoms with Crippen molar-refractivity contribution in [1.29, 1.82) is 0 Å². The lowest BCUT2D eigenvalue weighted by atomic mass is 10.1. The first-order chi connectivity index (χ1) is 8.11. The molecule has 0 radical (unpaired) electrons. The van der Waals surface area contributed by atoms with E-state index >= 15 is 0 Å². The summed E-state index contributed by atoms with van der Waals surface area (Å²) < 4.78 is 9.98. The van der Waals surface area contributed by atoms with E-state index in [1.165, 1.54) is 12.3 Å². The Morgan fingerprint density at radius 3 is 2.41 bits per heavy atom. The Morgan fingerprint density at radius 2 is 1.82 bits per heavy atom. The number of rotatable bonds is 4. The molecule has 0 fully saturated rings. The number of halogens is 1. The molecule has 0 aromatic carbocycles. The monoisotopic (exact) mass is 301 g/mol. The largest absolute Gasteiger partial charge is 0.462 e. The van der Waals surface area contributed by atoms with Crippen LogP contribution in [0, 0.1) is 0 Å². The summed E-state index contributed by atoms with van der Waals surface area (Å²) in [6.45, 7) is 3.84. The van der Waals surface area contributed by atoms with Gasteiger partial charge in [0.2, 0.25) is 0 Å². The number of hydrogen-bond donors (Lipinski definition) is 0. The smallest absolute Gasteiger partial charge is 0.341 e. The molecule has 0 aliphatic heterocycles. The molecule has 0 saturated heterocycles. The van der Waals surface area contributed by atoms with Crippen LogP contribution in [-0.2, 0) is 9.47 Å². The van der Waals surface area contributed by atoms with Gasteiger partial charge in [0, 0.05) is 6.20 Å². The average Bonchev–Trinajstić information content (AvgIpc) is 2.29. The summed E-state index contributed by atoms with van der Waals surface area (Å²) in [5.41, 5.74) is 0.236. The molecule has 0 aliphatic carbocycles. The number of carbonyl (C=O) groups is 2. The van der Waals surface area contributed by atoms with E-state index in [0.29, 0.717) is 0 Å². The van der Waals surface area contributed by atoms with Gasteiger partial charge >= 0.3 is 11.9 Å². The van der Waals surface area contributed by atoms with Crippen molar-refractivity contribution >= 4 is 27.9 Å². The fourth-order valence-corrected chi connectivity index (χ4v) is 1.71. The predicted octanol–water partition coefficient (Wildman–Crippen LogP) is 2.20. The lowest BCUT2D eigenvalue weighted by Gasteiger charge is -2.08. The van der Waals surface area contributed by atoms with Crippen LogP contribution in [-0.4, -0.2) is 30.1 Å². The first kappa shape index (κ1) is 13.6. The molecule has 0 amide bonds. The average molecular weight is 302 g/mol. The molecule has 0 spiro atoms. The van der Waals surface area contributed by atoms with Gasteiger partial charge in [0.15, 0.2) is 0 Å². The van der Waals surface area contributed by atoms with Crippen molar-refractivity contribution in [2.75, 3.05) is 13.2 Å². The Hall–Kier alpha value is -1.43. The third kappa shape index (κ3) is 3.26. The maximum atomic E-state index is 11.7. The highest BCUT2D eigenvalue weighted by molar-refractivity contribution is 9.10. The Bertz CT molecular complexity index is 433. The number of carbonyl (C=O) groups excluding carboxylic acids is 2. The van der Waals surface area contributed by atoms with Crippen molar-refractivity contribution in [2.24, 2.45) is 0 Å². The standard InChI is InChI=1S/C11H12BrNO4/c1-3-16-10(14)7-5-6-13-9(12)8(7)11(15)17-4-2/h5-6H,3-4H2,1-2H3. The van der Waals surface area contributed by atoms with Gasteiger partial charge < -0.3 is 9.47 Å². The third-order valence-electron chi connectivity index (χ3n) is 1.88. The predicted molar refractivity (Wildman–Crippen MR) is 63.9 cm³/mol. The molecule has 1 aromatic heterocycles. The molecule has 0 saturated carbocycles. The highest BCUT2D eigenvalue weighted by Gasteiger charge is 2.22. The number of hydrogen-bond acceptors (Lipinski definition) is 5. The first-order valence-corrected chi connectivity index (χ1v) is 5.89. The minimum Gasteiger partial charge on any atom is -0.462 e. The molecular weight excluding hydrogens is 290 g/mol. The Labute approximate surface area is 107 Å². The molecular formula is C11H12BrNO4. The fraction of sp³-hybridized carbons (Fsp3) is 0.364. The molecule has 1 aromatic rings. The molecule has 5 nitrogen and oxygen atoms in total. The van der Waals surface area contributed by atoms with E-state index in [0.717, 1.165) is 0 Å². The van der Waals surface area contributed by atoms with Crippen LogP contribution in [0.2, 0.25) is 0 Å². The Morgan fingerprint density at radius 1 is 1.24 bits per heavy atom. The van der Waals surface area contributed by atoms with Gasteiger partial charge in [0.25, 0.3) is 0 Å². The molecule has 1 heterocycles. The zero-order valence-corrected chi connectivity index (χ0v) is 11.1. The van der Waals surface area contributed by atoms with E-state index in [-0.39, 0.29) is 28.9 Å². The van der Waals surface area contributed by atoms with Gasteiger partial charge in [-0.3, -0.25) is 0 Å². The van der Waals surface area contributed by atoms with Gasteiger partial charge in [0.1, 0.15) is 10.2 Å². The van der Waals surface area contributed by atoms with E-state index < -0.39 is 11.9 Å². The van der Waals surface area contributed by atoms with E-state index in [1.807, 2.05) is 0 Å². The summed E-state index contributed by atoms with van der Waals surface area (Å²) in [7, 11) is 0. The van der Waals surface area contributed by atoms with Gasteiger partial charge in [-0.15, -0.1) is 0 Å². The Kier molecular flexibility index (Phi) is 5.09. The number of nitrogens with zero attached hydrogens (tertiary/aromatic N) is 1. The van der Waals surface area contributed by atoms with E-state index in [4.69, 9.17) is 9.47 Å². The zero-order valence-electron chi connectivity index (χ0n) is 9.53. The highest BCUT2D eigenvalue weighted by Crippen LogP contribution is 2.20. The van der Waals surface area contributed by atoms with Crippen LogP contribution in [0.25, 0.3) is 0 Å². The molecule has 0 N–H and O–H groups in total. The van der Waals surface area contributed by atoms with Crippen LogP contribution in [0.5, 0.6) is 0 Å². The van der Waals surface area contributed by atoms with Crippen LogP contribution < -0.4 is 0 Å². The second kappa shape index (κ2) is 6.34. The van der Waals surface area contributed by atoms with Crippen LogP contribution >= 0.6 is 15.9 Å². The molecule has 0 unspecified atom stereocenters. The second-order valence-electron chi connectivity index (χ2n) is 2.97. The van der Waals surface area contributed by atoms with Crippen LogP contribution in [0.3, 0.4) is 0 Å². The lowest BCUT2D eigenvalue weighted by Crippen LogP contribution is -2.15. The summed E-state index contributed by atoms with van der Waals surface area (Å²) in [6, 6.07) is 1.43. The summed E-state index contributed by atoms with van der Waals surface area (Å²) in [6.07, 6.45) is 1.42. The second-order valence-corrected chi connectivity index (χ2v) is 3.72. The Balaban J connectivity index is 3.17. The summed E-state index contributed by atoms with van der Waals surface area (Å²) in [5, 5.41) is 0. The molecule has 6 heteroatoms. The topological polar surface area (TPSA) is 65.5 Å². The summed E-state index contributed by atoms with van der Waals surface area (Å²) >= 11 is 3.12. The molecule has 17 heavy (non-hydrogen) atoms. The van der Waals surface area contributed by atoms with Crippen molar-refractivity contribution in [1.82, 2.24) is 4.98 Å². The van der Waals surface area contributed by atoms with Crippen molar-refractivity contribution in [3.05, 3.63) is 28.0 Å². The number of ether oxygens (including phenoxy) is 2. The SMILES string of the molecule is CCOC(=O)c1ccnc(Br)c1C(=O)OCC. The minimum atomic E-state index is -0.601. The highest BCUT2D eigenvalue weighted by atomic mass is 79.9. The van der Waals surface area contributed by atoms with Crippen molar-refractivity contribution in [3.63, 3.8) is 0 Å². The molecule has 1 rings (SSSR count). The fourth-order valence-electron chi connectivity index (χ4n) is 1.21. The van der Waals surface area contributed by atoms with Crippen molar-refractivity contribution in [3.8, 4) is 0 Å². The van der Waals surface area contributed by atoms with Crippen molar-refractivity contribution in [2.45, 2.75) is 13.8 Å². The lowest BCUT2D eigenvalue weighted by molar-refractivity contribution is 0.0477. The van der Waals surface area contributed by atoms with Gasteiger partial charge in [0.05, 0.1) is 18.8 Å². The zero-order chi connectivity index (χ0) is 12.8. The minimum absolute atomic E-state index is 0.0906. The van der Waals surface area contributed by atoms with E-state index in [1.54, 1.807) is 13.8 Å². The van der Waals surface area contributed by atoms with Crippen molar-refractivity contribution < 1.29 is 19.1 Å². The third-order valence-corrected chi connectivity index (χ3v) is 2.48. The van der Waals surface area contributed by atoms with Gasteiger partial charge in [-0.25, -0.2) is 14.6 Å². The van der Waals surface area contributed by atoms with E-state index in [2.05, 4.69) is 20.9 Å². The summed E-state index contributed by atoms with van der Waals surface area (Å²) in [5.74, 6) is -1.17. The van der Waals surface area contributed by atoms with E-state index in [9.17, 15) is 9.59 Å². The maximum absolute atomic E-state index is 11.7. The summed E-state index contributed by atoms with van der Waals surface area (Å²) in [4.78, 5) is 27.2. The normalized spacial score (nSPS) is 9.82. The molecule has 0 aliphatic rings. The van der Waals surface area contributed by atoms with Crippen LogP contribution in [0.4, 0.5) is 0 Å². The van der Waals surface area contributed by atoms with Gasteiger partial charge in [-0.1, -0.05) is 0 Å².